The normalized spacial score (nSPS) is 17.1. The Morgan fingerprint density at radius 3 is 2.27 bits per heavy atom. The molecular weight excluding hydrogens is 270 g/mol. The second-order valence-corrected chi connectivity index (χ2v) is 6.13. The van der Waals surface area contributed by atoms with Crippen LogP contribution in [-0.4, -0.2) is 18.1 Å². The van der Waals surface area contributed by atoms with E-state index in [4.69, 9.17) is 10.7 Å². The summed E-state index contributed by atoms with van der Waals surface area (Å²) in [7, 11) is 0. The standard InChI is InChI=1S/C19H25N3/c1-15-17(19(20)16-9-5-4-6-10-16)11-12-18(21-15)22-13-7-2-3-8-14-22/h4-6,9-12,19H,2-3,7-8,13-14,20H2,1H3. The van der Waals surface area contributed by atoms with Gasteiger partial charge in [0.15, 0.2) is 0 Å². The molecule has 2 heterocycles. The summed E-state index contributed by atoms with van der Waals surface area (Å²) in [6.07, 6.45) is 5.22. The van der Waals surface area contributed by atoms with E-state index in [-0.39, 0.29) is 6.04 Å². The number of rotatable bonds is 3. The number of nitrogens with zero attached hydrogens (tertiary/aromatic N) is 2. The Morgan fingerprint density at radius 1 is 0.955 bits per heavy atom. The zero-order valence-corrected chi connectivity index (χ0v) is 13.3. The summed E-state index contributed by atoms with van der Waals surface area (Å²) in [5, 5.41) is 0. The fourth-order valence-electron chi connectivity index (χ4n) is 3.20. The molecule has 0 aliphatic carbocycles. The van der Waals surface area contributed by atoms with Crippen molar-refractivity contribution >= 4 is 5.82 Å². The molecule has 2 aromatic rings. The quantitative estimate of drug-likeness (QED) is 0.936. The number of nitrogens with two attached hydrogens (primary N) is 1. The fourth-order valence-corrected chi connectivity index (χ4v) is 3.20. The largest absolute Gasteiger partial charge is 0.357 e. The van der Waals surface area contributed by atoms with Crippen molar-refractivity contribution in [2.45, 2.75) is 38.6 Å². The number of anilines is 1. The Balaban J connectivity index is 1.82. The molecule has 1 unspecified atom stereocenters. The van der Waals surface area contributed by atoms with Crippen molar-refractivity contribution in [3.63, 3.8) is 0 Å². The summed E-state index contributed by atoms with van der Waals surface area (Å²) < 4.78 is 0. The average Bonchev–Trinajstić information content (AvgIpc) is 2.84. The van der Waals surface area contributed by atoms with Gasteiger partial charge in [0.2, 0.25) is 0 Å². The minimum absolute atomic E-state index is 0.105. The van der Waals surface area contributed by atoms with Crippen molar-refractivity contribution in [3.8, 4) is 0 Å². The van der Waals surface area contributed by atoms with E-state index >= 15 is 0 Å². The number of hydrogen-bond donors (Lipinski definition) is 1. The van der Waals surface area contributed by atoms with Crippen LogP contribution >= 0.6 is 0 Å². The molecule has 1 saturated heterocycles. The van der Waals surface area contributed by atoms with Crippen LogP contribution < -0.4 is 10.6 Å². The maximum atomic E-state index is 6.42. The van der Waals surface area contributed by atoms with Gasteiger partial charge >= 0.3 is 0 Å². The molecule has 0 radical (unpaired) electrons. The van der Waals surface area contributed by atoms with Gasteiger partial charge in [0.25, 0.3) is 0 Å². The van der Waals surface area contributed by atoms with Crippen molar-refractivity contribution in [1.29, 1.82) is 0 Å². The number of hydrogen-bond acceptors (Lipinski definition) is 3. The highest BCUT2D eigenvalue weighted by Crippen LogP contribution is 2.25. The Morgan fingerprint density at radius 2 is 1.64 bits per heavy atom. The fraction of sp³-hybridized carbons (Fsp3) is 0.421. The predicted molar refractivity (Wildman–Crippen MR) is 92.1 cm³/mol. The topological polar surface area (TPSA) is 42.2 Å². The molecule has 3 nitrogen and oxygen atoms in total. The monoisotopic (exact) mass is 295 g/mol. The van der Waals surface area contributed by atoms with Crippen molar-refractivity contribution in [3.05, 3.63) is 59.3 Å². The average molecular weight is 295 g/mol. The first kappa shape index (κ1) is 15.0. The van der Waals surface area contributed by atoms with Gasteiger partial charge in [-0.1, -0.05) is 49.2 Å². The van der Waals surface area contributed by atoms with Crippen LogP contribution in [0.3, 0.4) is 0 Å². The van der Waals surface area contributed by atoms with Crippen LogP contribution in [0.2, 0.25) is 0 Å². The zero-order chi connectivity index (χ0) is 15.4. The Kier molecular flexibility index (Phi) is 4.74. The highest BCUT2D eigenvalue weighted by Gasteiger charge is 2.15. The number of benzene rings is 1. The molecule has 1 aromatic heterocycles. The maximum Gasteiger partial charge on any atom is 0.128 e. The lowest BCUT2D eigenvalue weighted by atomic mass is 9.98. The lowest BCUT2D eigenvalue weighted by Gasteiger charge is -2.23. The van der Waals surface area contributed by atoms with E-state index in [1.54, 1.807) is 0 Å². The lowest BCUT2D eigenvalue weighted by molar-refractivity contribution is 0.726. The van der Waals surface area contributed by atoms with Crippen LogP contribution in [-0.2, 0) is 0 Å². The molecule has 0 amide bonds. The van der Waals surface area contributed by atoms with Gasteiger partial charge in [-0.2, -0.15) is 0 Å². The van der Waals surface area contributed by atoms with E-state index in [2.05, 4.69) is 36.1 Å². The minimum Gasteiger partial charge on any atom is -0.357 e. The van der Waals surface area contributed by atoms with Gasteiger partial charge in [0.05, 0.1) is 6.04 Å². The molecule has 3 heteroatoms. The highest BCUT2D eigenvalue weighted by molar-refractivity contribution is 5.44. The van der Waals surface area contributed by atoms with Crippen LogP contribution in [0, 0.1) is 6.92 Å². The molecule has 0 bridgehead atoms. The third kappa shape index (κ3) is 3.30. The Labute approximate surface area is 133 Å². The molecule has 2 N–H and O–H groups in total. The third-order valence-corrected chi connectivity index (χ3v) is 4.54. The number of pyridine rings is 1. The predicted octanol–water partition coefficient (Wildman–Crippen LogP) is 3.82. The van der Waals surface area contributed by atoms with Gasteiger partial charge in [-0.25, -0.2) is 4.98 Å². The Hall–Kier alpha value is -1.87. The van der Waals surface area contributed by atoms with Crippen LogP contribution in [0.4, 0.5) is 5.82 Å². The van der Waals surface area contributed by atoms with Gasteiger partial charge in [0.1, 0.15) is 5.82 Å². The first-order valence-corrected chi connectivity index (χ1v) is 8.29. The van der Waals surface area contributed by atoms with E-state index in [9.17, 15) is 0 Å². The van der Waals surface area contributed by atoms with E-state index in [1.807, 2.05) is 18.2 Å². The molecule has 1 atom stereocenters. The molecule has 1 aliphatic heterocycles. The summed E-state index contributed by atoms with van der Waals surface area (Å²) in [4.78, 5) is 7.25. The molecule has 1 aliphatic rings. The van der Waals surface area contributed by atoms with E-state index in [1.165, 1.54) is 25.7 Å². The van der Waals surface area contributed by atoms with Gasteiger partial charge in [-0.15, -0.1) is 0 Å². The number of aromatic nitrogens is 1. The molecule has 3 rings (SSSR count). The van der Waals surface area contributed by atoms with Crippen LogP contribution in [0.5, 0.6) is 0 Å². The first-order valence-electron chi connectivity index (χ1n) is 8.29. The zero-order valence-electron chi connectivity index (χ0n) is 13.3. The minimum atomic E-state index is -0.105. The van der Waals surface area contributed by atoms with Crippen LogP contribution in [0.15, 0.2) is 42.5 Å². The van der Waals surface area contributed by atoms with Crippen LogP contribution in [0.25, 0.3) is 0 Å². The van der Waals surface area contributed by atoms with E-state index in [0.717, 1.165) is 35.7 Å². The molecule has 116 valence electrons. The van der Waals surface area contributed by atoms with Gasteiger partial charge < -0.3 is 10.6 Å². The summed E-state index contributed by atoms with van der Waals surface area (Å²) in [6.45, 7) is 4.31. The van der Waals surface area contributed by atoms with Crippen LogP contribution in [0.1, 0.15) is 48.5 Å². The molecule has 0 spiro atoms. The van der Waals surface area contributed by atoms with Crippen molar-refractivity contribution in [2.75, 3.05) is 18.0 Å². The molecule has 0 saturated carbocycles. The van der Waals surface area contributed by atoms with Crippen molar-refractivity contribution in [2.24, 2.45) is 5.73 Å². The Bertz CT molecular complexity index is 601. The second-order valence-electron chi connectivity index (χ2n) is 6.13. The molecule has 1 fully saturated rings. The first-order chi connectivity index (χ1) is 10.8. The van der Waals surface area contributed by atoms with E-state index in [0.29, 0.717) is 0 Å². The van der Waals surface area contributed by atoms with Gasteiger partial charge in [-0.3, -0.25) is 0 Å². The van der Waals surface area contributed by atoms with Gasteiger partial charge in [0, 0.05) is 18.8 Å². The molecule has 22 heavy (non-hydrogen) atoms. The second kappa shape index (κ2) is 6.93. The summed E-state index contributed by atoms with van der Waals surface area (Å²) in [6, 6.07) is 14.4. The highest BCUT2D eigenvalue weighted by atomic mass is 15.2. The van der Waals surface area contributed by atoms with Gasteiger partial charge in [-0.05, 0) is 37.0 Å². The maximum absolute atomic E-state index is 6.42. The summed E-state index contributed by atoms with van der Waals surface area (Å²) >= 11 is 0. The summed E-state index contributed by atoms with van der Waals surface area (Å²) in [5.41, 5.74) is 9.71. The van der Waals surface area contributed by atoms with Crippen molar-refractivity contribution in [1.82, 2.24) is 4.98 Å². The van der Waals surface area contributed by atoms with E-state index < -0.39 is 0 Å². The van der Waals surface area contributed by atoms with Crippen molar-refractivity contribution < 1.29 is 0 Å². The summed E-state index contributed by atoms with van der Waals surface area (Å²) in [5.74, 6) is 1.10. The smallest absolute Gasteiger partial charge is 0.128 e. The third-order valence-electron chi connectivity index (χ3n) is 4.54. The molecular formula is C19H25N3. The lowest BCUT2D eigenvalue weighted by Crippen LogP contribution is -2.25. The SMILES string of the molecule is Cc1nc(N2CCCCCC2)ccc1C(N)c1ccccc1. The number of aryl methyl sites for hydroxylation is 1. The molecule has 1 aromatic carbocycles.